The van der Waals surface area contributed by atoms with Crippen molar-refractivity contribution in [3.05, 3.63) is 36.8 Å². The summed E-state index contributed by atoms with van der Waals surface area (Å²) in [6, 6.07) is 0. The van der Waals surface area contributed by atoms with Gasteiger partial charge in [0.05, 0.1) is 18.7 Å². The second-order valence-corrected chi connectivity index (χ2v) is 2.33. The molecule has 1 N–H and O–H groups in total. The van der Waals surface area contributed by atoms with E-state index < -0.39 is 0 Å². The van der Waals surface area contributed by atoms with Crippen molar-refractivity contribution in [2.24, 2.45) is 0 Å². The van der Waals surface area contributed by atoms with Crippen LogP contribution in [-0.2, 0) is 9.53 Å². The van der Waals surface area contributed by atoms with E-state index in [-0.39, 0.29) is 5.91 Å². The van der Waals surface area contributed by atoms with Gasteiger partial charge in [-0.25, -0.2) is 0 Å². The number of carbonyl (C=O) groups excluding carboxylic acids is 1. The van der Waals surface area contributed by atoms with E-state index in [0.717, 1.165) is 0 Å². The van der Waals surface area contributed by atoms with Crippen molar-refractivity contribution in [1.82, 2.24) is 5.32 Å². The monoisotopic (exact) mass is 195 g/mol. The van der Waals surface area contributed by atoms with Crippen LogP contribution in [0, 0.1) is 0 Å². The van der Waals surface area contributed by atoms with Crippen LogP contribution >= 0.6 is 0 Å². The summed E-state index contributed by atoms with van der Waals surface area (Å²) in [5.41, 5.74) is 0.590. The molecule has 1 aliphatic rings. The first-order valence-electron chi connectivity index (χ1n) is 4.69. The van der Waals surface area contributed by atoms with Crippen molar-refractivity contribution in [2.75, 3.05) is 6.61 Å². The van der Waals surface area contributed by atoms with Gasteiger partial charge in [0.15, 0.2) is 0 Å². The molecule has 78 valence electrons. The number of hydrogen-bond donors (Lipinski definition) is 1. The Balaban J connectivity index is 0.000000791. The third-order valence-corrected chi connectivity index (χ3v) is 1.52. The van der Waals surface area contributed by atoms with Crippen molar-refractivity contribution < 1.29 is 9.53 Å². The Kier molecular flexibility index (Phi) is 6.20. The van der Waals surface area contributed by atoms with E-state index in [0.29, 0.717) is 24.5 Å². The predicted molar refractivity (Wildman–Crippen MR) is 57.5 cm³/mol. The van der Waals surface area contributed by atoms with Crippen molar-refractivity contribution in [1.29, 1.82) is 0 Å². The van der Waals surface area contributed by atoms with Gasteiger partial charge in [-0.05, 0) is 12.2 Å². The number of hydrogen-bond acceptors (Lipinski definition) is 2. The molecule has 0 aromatic carbocycles. The predicted octanol–water partition coefficient (Wildman–Crippen LogP) is 2.13. The molecule has 0 aromatic rings. The van der Waals surface area contributed by atoms with E-state index in [1.807, 2.05) is 13.8 Å². The molecule has 0 aromatic heterocycles. The molecule has 1 amide bonds. The van der Waals surface area contributed by atoms with Gasteiger partial charge in [-0.2, -0.15) is 0 Å². The molecule has 1 rings (SSSR count). The lowest BCUT2D eigenvalue weighted by Crippen LogP contribution is -2.20. The zero-order chi connectivity index (χ0) is 11.0. The minimum atomic E-state index is -0.0539. The van der Waals surface area contributed by atoms with Gasteiger partial charge in [-0.15, -0.1) is 0 Å². The topological polar surface area (TPSA) is 38.3 Å². The largest absolute Gasteiger partial charge is 0.491 e. The van der Waals surface area contributed by atoms with E-state index in [2.05, 4.69) is 18.5 Å². The van der Waals surface area contributed by atoms with Crippen LogP contribution in [-0.4, -0.2) is 12.5 Å². The van der Waals surface area contributed by atoms with Crippen LogP contribution in [0.5, 0.6) is 0 Å². The number of nitrogens with one attached hydrogen (secondary N) is 1. The molecule has 0 bridgehead atoms. The second kappa shape index (κ2) is 6.95. The molecule has 0 atom stereocenters. The molecular formula is C11H17NO2. The minimum absolute atomic E-state index is 0.0539. The summed E-state index contributed by atoms with van der Waals surface area (Å²) in [5.74, 6) is 0.526. The first kappa shape index (κ1) is 12.5. The quantitative estimate of drug-likeness (QED) is 0.733. The van der Waals surface area contributed by atoms with Crippen molar-refractivity contribution in [3.8, 4) is 0 Å². The van der Waals surface area contributed by atoms with Crippen LogP contribution in [0.2, 0.25) is 0 Å². The summed E-state index contributed by atoms with van der Waals surface area (Å²) in [5, 5.41) is 2.66. The highest BCUT2D eigenvalue weighted by molar-refractivity contribution is 5.79. The SMILES string of the molecule is C=CC1=C(C=C)OCCC(=O)N1.CC. The smallest absolute Gasteiger partial charge is 0.227 e. The Bertz CT molecular complexity index is 254. The summed E-state index contributed by atoms with van der Waals surface area (Å²) in [6.45, 7) is 11.5. The molecule has 3 heteroatoms. The summed E-state index contributed by atoms with van der Waals surface area (Å²) >= 11 is 0. The summed E-state index contributed by atoms with van der Waals surface area (Å²) in [4.78, 5) is 11.0. The van der Waals surface area contributed by atoms with Gasteiger partial charge in [0.25, 0.3) is 0 Å². The maximum atomic E-state index is 11.0. The molecule has 0 radical (unpaired) electrons. The number of ether oxygens (including phenoxy) is 1. The highest BCUT2D eigenvalue weighted by Crippen LogP contribution is 2.10. The second-order valence-electron chi connectivity index (χ2n) is 2.33. The molecule has 0 unspecified atom stereocenters. The lowest BCUT2D eigenvalue weighted by molar-refractivity contribution is -0.120. The van der Waals surface area contributed by atoms with Crippen molar-refractivity contribution >= 4 is 5.91 Å². The Hall–Kier alpha value is -1.51. The van der Waals surface area contributed by atoms with Crippen LogP contribution < -0.4 is 5.32 Å². The molecule has 0 saturated heterocycles. The molecule has 3 nitrogen and oxygen atoms in total. The van der Waals surface area contributed by atoms with Gasteiger partial charge in [-0.1, -0.05) is 27.0 Å². The molecule has 1 aliphatic heterocycles. The van der Waals surface area contributed by atoms with Crippen LogP contribution in [0.15, 0.2) is 36.8 Å². The van der Waals surface area contributed by atoms with Gasteiger partial charge in [0.2, 0.25) is 5.91 Å². The van der Waals surface area contributed by atoms with E-state index in [1.54, 1.807) is 12.2 Å². The third kappa shape index (κ3) is 3.47. The maximum absolute atomic E-state index is 11.0. The van der Waals surface area contributed by atoms with Crippen LogP contribution in [0.4, 0.5) is 0 Å². The van der Waals surface area contributed by atoms with Gasteiger partial charge in [-0.3, -0.25) is 4.79 Å². The minimum Gasteiger partial charge on any atom is -0.491 e. The molecular weight excluding hydrogens is 178 g/mol. The fraction of sp³-hybridized carbons (Fsp3) is 0.364. The maximum Gasteiger partial charge on any atom is 0.227 e. The lowest BCUT2D eigenvalue weighted by atomic mass is 10.3. The van der Waals surface area contributed by atoms with Gasteiger partial charge in [0.1, 0.15) is 5.76 Å². The van der Waals surface area contributed by atoms with E-state index >= 15 is 0 Å². The Morgan fingerprint density at radius 3 is 2.50 bits per heavy atom. The molecule has 0 fully saturated rings. The van der Waals surface area contributed by atoms with Crippen molar-refractivity contribution in [2.45, 2.75) is 20.3 Å². The highest BCUT2D eigenvalue weighted by Gasteiger charge is 2.11. The Labute approximate surface area is 85.1 Å². The fourth-order valence-corrected chi connectivity index (χ4v) is 0.926. The van der Waals surface area contributed by atoms with Crippen molar-refractivity contribution in [3.63, 3.8) is 0 Å². The third-order valence-electron chi connectivity index (χ3n) is 1.52. The summed E-state index contributed by atoms with van der Waals surface area (Å²) in [7, 11) is 0. The molecule has 14 heavy (non-hydrogen) atoms. The van der Waals surface area contributed by atoms with Crippen LogP contribution in [0.1, 0.15) is 20.3 Å². The number of carbonyl (C=O) groups is 1. The molecule has 0 spiro atoms. The first-order valence-corrected chi connectivity index (χ1v) is 4.69. The van der Waals surface area contributed by atoms with Crippen LogP contribution in [0.25, 0.3) is 0 Å². The number of allylic oxidation sites excluding steroid dienone is 2. The zero-order valence-electron chi connectivity index (χ0n) is 8.80. The standard InChI is InChI=1S/C9H11NO2.C2H6/c1-3-7-8(4-2)12-6-5-9(11)10-7;1-2/h3-4H,1-2,5-6H2,(H,10,11);1-2H3. The normalized spacial score (nSPS) is 15.4. The Morgan fingerprint density at radius 2 is 2.00 bits per heavy atom. The highest BCUT2D eigenvalue weighted by atomic mass is 16.5. The zero-order valence-corrected chi connectivity index (χ0v) is 8.80. The average molecular weight is 195 g/mol. The van der Waals surface area contributed by atoms with Crippen LogP contribution in [0.3, 0.4) is 0 Å². The van der Waals surface area contributed by atoms with Gasteiger partial charge >= 0.3 is 0 Å². The van der Waals surface area contributed by atoms with E-state index in [1.165, 1.54) is 0 Å². The number of amides is 1. The van der Waals surface area contributed by atoms with E-state index in [9.17, 15) is 4.79 Å². The van der Waals surface area contributed by atoms with Gasteiger partial charge < -0.3 is 10.1 Å². The van der Waals surface area contributed by atoms with Gasteiger partial charge in [0, 0.05) is 0 Å². The first-order chi connectivity index (χ1) is 6.77. The van der Waals surface area contributed by atoms with E-state index in [4.69, 9.17) is 4.74 Å². The molecule has 0 saturated carbocycles. The molecule has 0 aliphatic carbocycles. The fourth-order valence-electron chi connectivity index (χ4n) is 0.926. The number of rotatable bonds is 2. The molecule has 1 heterocycles. The Morgan fingerprint density at radius 1 is 1.36 bits per heavy atom. The average Bonchev–Trinajstić information content (AvgIpc) is 2.42. The summed E-state index contributed by atoms with van der Waals surface area (Å²) < 4.78 is 5.23. The summed E-state index contributed by atoms with van der Waals surface area (Å²) in [6.07, 6.45) is 3.47. The lowest BCUT2D eigenvalue weighted by Gasteiger charge is -2.04.